The van der Waals surface area contributed by atoms with Crippen LogP contribution in [0.5, 0.6) is 0 Å². The molecule has 0 aliphatic heterocycles. The molecule has 0 saturated carbocycles. The average molecular weight is 213 g/mol. The number of nitrogens with one attached hydrogen (secondary N) is 1. The number of amides is 1. The molecule has 0 heterocycles. The van der Waals surface area contributed by atoms with Gasteiger partial charge in [0.2, 0.25) is 10.0 Å². The van der Waals surface area contributed by atoms with Crippen LogP contribution in [0.15, 0.2) is 30.3 Å². The van der Waals surface area contributed by atoms with Crippen LogP contribution in [0.2, 0.25) is 0 Å². The summed E-state index contributed by atoms with van der Waals surface area (Å²) in [5, 5.41) is 0. The van der Waals surface area contributed by atoms with Crippen molar-refractivity contribution in [1.29, 1.82) is 0 Å². The van der Waals surface area contributed by atoms with Crippen LogP contribution in [0.1, 0.15) is 17.3 Å². The number of hydrogen-bond donors (Lipinski definition) is 1. The van der Waals surface area contributed by atoms with Crippen molar-refractivity contribution in [3.63, 3.8) is 0 Å². The Morgan fingerprint density at radius 3 is 2.36 bits per heavy atom. The Hall–Kier alpha value is -1.36. The maximum Gasteiger partial charge on any atom is 0.264 e. The summed E-state index contributed by atoms with van der Waals surface area (Å²) in [6, 6.07) is 8.22. The zero-order valence-corrected chi connectivity index (χ0v) is 8.54. The molecular formula is C9H11NO3S. The second-order valence-electron chi connectivity index (χ2n) is 2.70. The van der Waals surface area contributed by atoms with Gasteiger partial charge in [0.25, 0.3) is 5.91 Å². The van der Waals surface area contributed by atoms with E-state index < -0.39 is 15.9 Å². The second kappa shape index (κ2) is 4.23. The van der Waals surface area contributed by atoms with Crippen molar-refractivity contribution in [2.24, 2.45) is 0 Å². The van der Waals surface area contributed by atoms with Crippen molar-refractivity contribution in [3.05, 3.63) is 35.9 Å². The van der Waals surface area contributed by atoms with Crippen LogP contribution in [-0.4, -0.2) is 20.1 Å². The highest BCUT2D eigenvalue weighted by atomic mass is 32.2. The molecule has 0 spiro atoms. The number of benzene rings is 1. The Kier molecular flexibility index (Phi) is 3.24. The molecule has 1 aromatic rings. The molecule has 0 atom stereocenters. The maximum absolute atomic E-state index is 11.3. The largest absolute Gasteiger partial charge is 0.268 e. The highest BCUT2D eigenvalue weighted by Crippen LogP contribution is 1.98. The van der Waals surface area contributed by atoms with E-state index in [4.69, 9.17) is 0 Å². The first kappa shape index (κ1) is 10.7. The van der Waals surface area contributed by atoms with Gasteiger partial charge in [0.05, 0.1) is 5.75 Å². The number of hydrogen-bond acceptors (Lipinski definition) is 3. The first-order valence-electron chi connectivity index (χ1n) is 4.15. The lowest BCUT2D eigenvalue weighted by Gasteiger charge is -2.03. The molecule has 1 aromatic carbocycles. The first-order valence-corrected chi connectivity index (χ1v) is 5.80. The van der Waals surface area contributed by atoms with Gasteiger partial charge in [-0.15, -0.1) is 0 Å². The molecular weight excluding hydrogens is 202 g/mol. The van der Waals surface area contributed by atoms with Gasteiger partial charge in [0, 0.05) is 5.56 Å². The Balaban J connectivity index is 2.79. The van der Waals surface area contributed by atoms with Crippen LogP contribution in [-0.2, 0) is 10.0 Å². The molecule has 1 amide bonds. The molecule has 14 heavy (non-hydrogen) atoms. The molecule has 0 aromatic heterocycles. The molecule has 0 saturated heterocycles. The summed E-state index contributed by atoms with van der Waals surface area (Å²) in [5.41, 5.74) is 0.338. The molecule has 1 N–H and O–H groups in total. The number of sulfonamides is 1. The number of carbonyl (C=O) groups excluding carboxylic acids is 1. The van der Waals surface area contributed by atoms with E-state index in [2.05, 4.69) is 0 Å². The van der Waals surface area contributed by atoms with Gasteiger partial charge in [0.15, 0.2) is 0 Å². The fourth-order valence-corrected chi connectivity index (χ4v) is 1.41. The van der Waals surface area contributed by atoms with E-state index >= 15 is 0 Å². The summed E-state index contributed by atoms with van der Waals surface area (Å²) in [5.74, 6) is -0.696. The van der Waals surface area contributed by atoms with Crippen LogP contribution in [0, 0.1) is 0 Å². The summed E-state index contributed by atoms with van der Waals surface area (Å²) in [7, 11) is -3.47. The molecule has 4 nitrogen and oxygen atoms in total. The Morgan fingerprint density at radius 2 is 1.86 bits per heavy atom. The zero-order valence-electron chi connectivity index (χ0n) is 7.73. The third kappa shape index (κ3) is 2.85. The van der Waals surface area contributed by atoms with Crippen molar-refractivity contribution < 1.29 is 13.2 Å². The lowest BCUT2D eigenvalue weighted by molar-refractivity contribution is 0.0981. The number of rotatable bonds is 3. The minimum Gasteiger partial charge on any atom is -0.268 e. The summed E-state index contributed by atoms with van der Waals surface area (Å²) >= 11 is 0. The van der Waals surface area contributed by atoms with Crippen LogP contribution in [0.3, 0.4) is 0 Å². The highest BCUT2D eigenvalue weighted by molar-refractivity contribution is 7.90. The Labute approximate surface area is 83.0 Å². The maximum atomic E-state index is 11.3. The van der Waals surface area contributed by atoms with E-state index in [9.17, 15) is 13.2 Å². The lowest BCUT2D eigenvalue weighted by atomic mass is 10.2. The Bertz CT molecular complexity index is 411. The third-order valence-corrected chi connectivity index (χ3v) is 2.92. The topological polar surface area (TPSA) is 63.2 Å². The normalized spacial score (nSPS) is 10.9. The van der Waals surface area contributed by atoms with Crippen LogP contribution in [0.4, 0.5) is 0 Å². The molecule has 0 unspecified atom stereocenters. The van der Waals surface area contributed by atoms with E-state index in [0.29, 0.717) is 5.56 Å². The second-order valence-corrected chi connectivity index (χ2v) is 4.71. The first-order chi connectivity index (χ1) is 6.55. The standard InChI is InChI=1S/C9H11NO3S/c1-2-14(12,13)10-9(11)8-6-4-3-5-7-8/h3-7H,2H2,1H3,(H,10,11). The molecule has 0 fully saturated rings. The summed E-state index contributed by atoms with van der Waals surface area (Å²) < 4.78 is 24.1. The predicted molar refractivity (Wildman–Crippen MR) is 53.4 cm³/mol. The van der Waals surface area contributed by atoms with Crippen molar-refractivity contribution >= 4 is 15.9 Å². The molecule has 0 bridgehead atoms. The molecule has 76 valence electrons. The lowest BCUT2D eigenvalue weighted by Crippen LogP contribution is -2.31. The van der Waals surface area contributed by atoms with Crippen molar-refractivity contribution in [2.75, 3.05) is 5.75 Å². The van der Waals surface area contributed by atoms with Crippen molar-refractivity contribution in [1.82, 2.24) is 4.72 Å². The molecule has 0 aliphatic rings. The minimum atomic E-state index is -3.47. The Morgan fingerprint density at radius 1 is 1.29 bits per heavy atom. The van der Waals surface area contributed by atoms with Gasteiger partial charge < -0.3 is 0 Å². The molecule has 0 aliphatic carbocycles. The molecule has 1 rings (SSSR count). The minimum absolute atomic E-state index is 0.106. The zero-order chi connectivity index (χ0) is 10.6. The summed E-state index contributed by atoms with van der Waals surface area (Å²) in [6.45, 7) is 1.47. The fourth-order valence-electron chi connectivity index (χ4n) is 0.862. The fraction of sp³-hybridized carbons (Fsp3) is 0.222. The third-order valence-electron chi connectivity index (χ3n) is 1.66. The quantitative estimate of drug-likeness (QED) is 0.806. The predicted octanol–water partition coefficient (Wildman–Crippen LogP) is 0.766. The van der Waals surface area contributed by atoms with E-state index in [0.717, 1.165) is 0 Å². The van der Waals surface area contributed by atoms with Crippen LogP contribution < -0.4 is 4.72 Å². The van der Waals surface area contributed by atoms with E-state index in [1.54, 1.807) is 30.3 Å². The van der Waals surface area contributed by atoms with Gasteiger partial charge in [-0.3, -0.25) is 4.79 Å². The van der Waals surface area contributed by atoms with Gasteiger partial charge in [0.1, 0.15) is 0 Å². The van der Waals surface area contributed by atoms with E-state index in [-0.39, 0.29) is 5.75 Å². The smallest absolute Gasteiger partial charge is 0.264 e. The SMILES string of the molecule is CCS(=O)(=O)NC(=O)c1ccccc1. The van der Waals surface area contributed by atoms with Crippen LogP contribution in [0.25, 0.3) is 0 Å². The summed E-state index contributed by atoms with van der Waals surface area (Å²) in [6.07, 6.45) is 0. The van der Waals surface area contributed by atoms with Gasteiger partial charge in [-0.1, -0.05) is 18.2 Å². The summed E-state index contributed by atoms with van der Waals surface area (Å²) in [4.78, 5) is 11.3. The van der Waals surface area contributed by atoms with Crippen LogP contribution >= 0.6 is 0 Å². The molecule has 0 radical (unpaired) electrons. The van der Waals surface area contributed by atoms with Gasteiger partial charge in [-0.25, -0.2) is 13.1 Å². The monoisotopic (exact) mass is 213 g/mol. The van der Waals surface area contributed by atoms with Crippen molar-refractivity contribution in [3.8, 4) is 0 Å². The highest BCUT2D eigenvalue weighted by Gasteiger charge is 2.12. The van der Waals surface area contributed by atoms with Gasteiger partial charge in [-0.05, 0) is 19.1 Å². The number of carbonyl (C=O) groups is 1. The van der Waals surface area contributed by atoms with Crippen molar-refractivity contribution in [2.45, 2.75) is 6.92 Å². The average Bonchev–Trinajstić information content (AvgIpc) is 2.19. The van der Waals surface area contributed by atoms with E-state index in [1.165, 1.54) is 6.92 Å². The van der Waals surface area contributed by atoms with Gasteiger partial charge in [-0.2, -0.15) is 0 Å². The van der Waals surface area contributed by atoms with E-state index in [1.807, 2.05) is 4.72 Å². The molecule has 5 heteroatoms. The van der Waals surface area contributed by atoms with Gasteiger partial charge >= 0.3 is 0 Å².